The average molecular weight is 431 g/mol. The highest BCUT2D eigenvalue weighted by molar-refractivity contribution is 5.97. The zero-order chi connectivity index (χ0) is 22.2. The number of aromatic nitrogens is 2. The van der Waals surface area contributed by atoms with Crippen molar-refractivity contribution in [2.75, 3.05) is 31.2 Å². The molecule has 0 spiro atoms. The van der Waals surface area contributed by atoms with Crippen LogP contribution >= 0.6 is 0 Å². The van der Waals surface area contributed by atoms with Gasteiger partial charge in [-0.05, 0) is 37.5 Å². The number of morpholine rings is 1. The molecular formula is C22H27F2N5O2. The number of ether oxygens (including phenoxy) is 1. The van der Waals surface area contributed by atoms with Crippen LogP contribution in [0.2, 0.25) is 0 Å². The molecule has 1 saturated carbocycles. The van der Waals surface area contributed by atoms with E-state index in [1.165, 1.54) is 6.20 Å². The van der Waals surface area contributed by atoms with Crippen LogP contribution in [0.1, 0.15) is 42.9 Å². The second-order valence-corrected chi connectivity index (χ2v) is 8.19. The Morgan fingerprint density at radius 2 is 2.03 bits per heavy atom. The fourth-order valence-corrected chi connectivity index (χ4v) is 4.50. The second-order valence-electron chi connectivity index (χ2n) is 8.19. The van der Waals surface area contributed by atoms with Crippen molar-refractivity contribution in [1.29, 1.82) is 5.41 Å². The number of hydrogen-bond acceptors (Lipinski definition) is 5. The van der Waals surface area contributed by atoms with Gasteiger partial charge in [0.2, 0.25) is 0 Å². The van der Waals surface area contributed by atoms with Gasteiger partial charge in [0, 0.05) is 31.3 Å². The molecule has 4 rings (SSSR count). The molecule has 1 saturated heterocycles. The molecule has 0 amide bonds. The zero-order valence-electron chi connectivity index (χ0n) is 17.5. The molecule has 31 heavy (non-hydrogen) atoms. The highest BCUT2D eigenvalue weighted by atomic mass is 19.3. The molecule has 1 unspecified atom stereocenters. The number of alkyl halides is 2. The Morgan fingerprint density at radius 3 is 2.65 bits per heavy atom. The van der Waals surface area contributed by atoms with Crippen LogP contribution in [0.4, 0.5) is 14.5 Å². The van der Waals surface area contributed by atoms with Crippen molar-refractivity contribution >= 4 is 11.5 Å². The molecule has 1 aliphatic heterocycles. The standard InChI is InChI=1S/C22H27F2N5O2/c1-14-16(17-6-5-15(12-27-17)28-8-10-31-11-9-28)13-29(21(30)19(14)20(25)26)18-4-2-3-7-22(18,23)24/h5-6,12-13,18H,2-4,7-11H2,1H3,(H3,25,26). The Hall–Kier alpha value is -2.81. The number of nitrogens with two attached hydrogens (primary N) is 1. The third-order valence-electron chi connectivity index (χ3n) is 6.23. The zero-order valence-corrected chi connectivity index (χ0v) is 17.5. The Labute approximate surface area is 179 Å². The second kappa shape index (κ2) is 8.37. The van der Waals surface area contributed by atoms with Gasteiger partial charge in [0.1, 0.15) is 11.9 Å². The smallest absolute Gasteiger partial charge is 0.268 e. The summed E-state index contributed by atoms with van der Waals surface area (Å²) in [5.74, 6) is -3.42. The number of rotatable bonds is 4. The van der Waals surface area contributed by atoms with Gasteiger partial charge in [-0.2, -0.15) is 0 Å². The van der Waals surface area contributed by atoms with Gasteiger partial charge in [-0.15, -0.1) is 0 Å². The van der Waals surface area contributed by atoms with Crippen LogP contribution in [-0.4, -0.2) is 47.6 Å². The summed E-state index contributed by atoms with van der Waals surface area (Å²) >= 11 is 0. The van der Waals surface area contributed by atoms with Crippen LogP contribution in [0.3, 0.4) is 0 Å². The first-order chi connectivity index (χ1) is 14.8. The van der Waals surface area contributed by atoms with E-state index in [0.29, 0.717) is 42.9 Å². The molecule has 1 atom stereocenters. The lowest BCUT2D eigenvalue weighted by atomic mass is 9.90. The maximum atomic E-state index is 14.7. The van der Waals surface area contributed by atoms with Crippen molar-refractivity contribution < 1.29 is 13.5 Å². The lowest BCUT2D eigenvalue weighted by Gasteiger charge is -2.33. The summed E-state index contributed by atoms with van der Waals surface area (Å²) in [4.78, 5) is 19.7. The molecule has 0 bridgehead atoms. The van der Waals surface area contributed by atoms with Crippen molar-refractivity contribution in [3.8, 4) is 11.3 Å². The Kier molecular flexibility index (Phi) is 5.79. The van der Waals surface area contributed by atoms with Gasteiger partial charge in [-0.25, -0.2) is 8.78 Å². The number of halogens is 2. The Morgan fingerprint density at radius 1 is 1.29 bits per heavy atom. The highest BCUT2D eigenvalue weighted by Gasteiger charge is 2.43. The molecule has 2 aliphatic rings. The van der Waals surface area contributed by atoms with Gasteiger partial charge in [-0.1, -0.05) is 6.42 Å². The van der Waals surface area contributed by atoms with Crippen LogP contribution in [0, 0.1) is 12.3 Å². The van der Waals surface area contributed by atoms with Crippen molar-refractivity contribution in [1.82, 2.24) is 9.55 Å². The normalized spacial score (nSPS) is 21.1. The topological polar surface area (TPSA) is 97.2 Å². The fraction of sp³-hybridized carbons (Fsp3) is 0.500. The molecule has 166 valence electrons. The molecule has 2 aromatic rings. The van der Waals surface area contributed by atoms with Gasteiger partial charge >= 0.3 is 0 Å². The van der Waals surface area contributed by atoms with E-state index in [1.807, 2.05) is 12.1 Å². The molecule has 3 heterocycles. The molecule has 9 heteroatoms. The predicted octanol–water partition coefficient (Wildman–Crippen LogP) is 3.09. The number of nitrogens with one attached hydrogen (secondary N) is 1. The van der Waals surface area contributed by atoms with Crippen LogP contribution in [0.15, 0.2) is 29.3 Å². The molecule has 2 fully saturated rings. The summed E-state index contributed by atoms with van der Waals surface area (Å²) in [5.41, 5.74) is 7.50. The van der Waals surface area contributed by atoms with E-state index in [0.717, 1.165) is 23.3 Å². The minimum absolute atomic E-state index is 0.0436. The highest BCUT2D eigenvalue weighted by Crippen LogP contribution is 2.41. The van der Waals surface area contributed by atoms with Crippen LogP contribution in [-0.2, 0) is 4.74 Å². The minimum atomic E-state index is -2.99. The molecule has 1 aliphatic carbocycles. The van der Waals surface area contributed by atoms with Gasteiger partial charge in [0.25, 0.3) is 11.5 Å². The SMILES string of the molecule is Cc1c(-c2ccc(N3CCOCC3)cn2)cn(C2CCCCC2(F)F)c(=O)c1C(=N)N. The first kappa shape index (κ1) is 21.4. The molecule has 3 N–H and O–H groups in total. The van der Waals surface area contributed by atoms with E-state index >= 15 is 0 Å². The Balaban J connectivity index is 1.79. The Bertz CT molecular complexity index is 1030. The maximum absolute atomic E-state index is 14.7. The lowest BCUT2D eigenvalue weighted by Crippen LogP contribution is -2.41. The van der Waals surface area contributed by atoms with Gasteiger partial charge < -0.3 is 19.9 Å². The van der Waals surface area contributed by atoms with Crippen molar-refractivity contribution in [2.24, 2.45) is 5.73 Å². The number of nitrogens with zero attached hydrogens (tertiary/aromatic N) is 3. The maximum Gasteiger partial charge on any atom is 0.268 e. The van der Waals surface area contributed by atoms with Gasteiger partial charge in [0.05, 0.1) is 36.4 Å². The first-order valence-electron chi connectivity index (χ1n) is 10.6. The third kappa shape index (κ3) is 4.06. The van der Waals surface area contributed by atoms with Gasteiger partial charge in [0.15, 0.2) is 0 Å². The molecule has 0 aromatic carbocycles. The molecule has 0 radical (unpaired) electrons. The molecular weight excluding hydrogens is 404 g/mol. The van der Waals surface area contributed by atoms with Crippen LogP contribution < -0.4 is 16.2 Å². The summed E-state index contributed by atoms with van der Waals surface area (Å²) in [6.45, 7) is 4.54. The monoisotopic (exact) mass is 431 g/mol. The quantitative estimate of drug-likeness (QED) is 0.573. The van der Waals surface area contributed by atoms with Crippen molar-refractivity contribution in [3.63, 3.8) is 0 Å². The molecule has 7 nitrogen and oxygen atoms in total. The van der Waals surface area contributed by atoms with Gasteiger partial charge in [-0.3, -0.25) is 15.2 Å². The first-order valence-corrected chi connectivity index (χ1v) is 10.6. The number of hydrogen-bond donors (Lipinski definition) is 2. The van der Waals surface area contributed by atoms with E-state index in [1.54, 1.807) is 13.1 Å². The summed E-state index contributed by atoms with van der Waals surface area (Å²) in [7, 11) is 0. The lowest BCUT2D eigenvalue weighted by molar-refractivity contribution is -0.0791. The van der Waals surface area contributed by atoms with E-state index < -0.39 is 23.4 Å². The van der Waals surface area contributed by atoms with E-state index in [4.69, 9.17) is 15.9 Å². The van der Waals surface area contributed by atoms with Crippen LogP contribution in [0.5, 0.6) is 0 Å². The summed E-state index contributed by atoms with van der Waals surface area (Å²) in [6, 6.07) is 2.48. The van der Waals surface area contributed by atoms with Crippen molar-refractivity contribution in [3.05, 3.63) is 46.0 Å². The third-order valence-corrected chi connectivity index (χ3v) is 6.23. The largest absolute Gasteiger partial charge is 0.384 e. The summed E-state index contributed by atoms with van der Waals surface area (Å²) in [5, 5.41) is 7.89. The number of amidine groups is 1. The van der Waals surface area contributed by atoms with Crippen molar-refractivity contribution in [2.45, 2.75) is 44.6 Å². The number of pyridine rings is 2. The fourth-order valence-electron chi connectivity index (χ4n) is 4.50. The predicted molar refractivity (Wildman–Crippen MR) is 115 cm³/mol. The van der Waals surface area contributed by atoms with Crippen LogP contribution in [0.25, 0.3) is 11.3 Å². The summed E-state index contributed by atoms with van der Waals surface area (Å²) < 4.78 is 35.8. The minimum Gasteiger partial charge on any atom is -0.384 e. The number of nitrogen functional groups attached to an aromatic ring is 1. The average Bonchev–Trinajstić information content (AvgIpc) is 2.75. The molecule has 2 aromatic heterocycles. The van der Waals surface area contributed by atoms with E-state index in [-0.39, 0.29) is 18.4 Å². The van der Waals surface area contributed by atoms with E-state index in [9.17, 15) is 13.6 Å². The van der Waals surface area contributed by atoms with E-state index in [2.05, 4.69) is 9.88 Å². The number of anilines is 1. The summed E-state index contributed by atoms with van der Waals surface area (Å²) in [6.07, 6.45) is 4.20.